The molecule has 0 radical (unpaired) electrons. The topological polar surface area (TPSA) is 34.0 Å². The molecule has 0 spiro atoms. The summed E-state index contributed by atoms with van der Waals surface area (Å²) in [6.45, 7) is 1.76. The molecule has 0 atom stereocenters. The van der Waals surface area contributed by atoms with E-state index in [1.165, 1.54) is 0 Å². The predicted molar refractivity (Wildman–Crippen MR) is 58.0 cm³/mol. The van der Waals surface area contributed by atoms with Gasteiger partial charge in [-0.2, -0.15) is 0 Å². The van der Waals surface area contributed by atoms with Crippen molar-refractivity contribution in [2.45, 2.75) is 6.04 Å². The lowest BCUT2D eigenvalue weighted by Crippen LogP contribution is -2.46. The molecular formula is C8H8Br2N2O. The van der Waals surface area contributed by atoms with Gasteiger partial charge in [-0.15, -0.1) is 0 Å². The minimum atomic E-state index is 0.0368. The second kappa shape index (κ2) is 3.55. The highest BCUT2D eigenvalue weighted by molar-refractivity contribution is 9.11. The molecule has 1 aromatic heterocycles. The van der Waals surface area contributed by atoms with Gasteiger partial charge >= 0.3 is 0 Å². The number of aromatic nitrogens is 1. The highest BCUT2D eigenvalue weighted by atomic mass is 79.9. The maximum Gasteiger partial charge on any atom is 0.265 e. The van der Waals surface area contributed by atoms with Crippen LogP contribution in [-0.2, 0) is 0 Å². The van der Waals surface area contributed by atoms with Gasteiger partial charge in [0.15, 0.2) is 0 Å². The number of nitrogens with one attached hydrogen (secondary N) is 1. The number of hydrogen-bond donors (Lipinski definition) is 1. The summed E-state index contributed by atoms with van der Waals surface area (Å²) in [6, 6.07) is 2.08. The van der Waals surface area contributed by atoms with Crippen LogP contribution in [0.5, 0.6) is 0 Å². The van der Waals surface area contributed by atoms with Crippen molar-refractivity contribution in [3.8, 4) is 0 Å². The van der Waals surface area contributed by atoms with Gasteiger partial charge in [-0.05, 0) is 37.9 Å². The molecule has 2 heterocycles. The van der Waals surface area contributed by atoms with E-state index in [4.69, 9.17) is 0 Å². The number of hydrogen-bond acceptors (Lipinski definition) is 2. The predicted octanol–water partition coefficient (Wildman–Crippen LogP) is 1.52. The molecule has 13 heavy (non-hydrogen) atoms. The van der Waals surface area contributed by atoms with E-state index in [2.05, 4.69) is 37.2 Å². The van der Waals surface area contributed by atoms with Crippen molar-refractivity contribution < 1.29 is 0 Å². The second-order valence-corrected chi connectivity index (χ2v) is 4.80. The Labute approximate surface area is 92.4 Å². The van der Waals surface area contributed by atoms with Gasteiger partial charge in [0.25, 0.3) is 5.56 Å². The third-order valence-electron chi connectivity index (χ3n) is 2.12. The third kappa shape index (κ3) is 1.73. The first kappa shape index (κ1) is 9.43. The lowest BCUT2D eigenvalue weighted by molar-refractivity contribution is 0.335. The fraction of sp³-hybridized carbons (Fsp3) is 0.375. The molecule has 1 aliphatic heterocycles. The van der Waals surface area contributed by atoms with E-state index in [1.807, 2.05) is 6.20 Å². The first-order valence-electron chi connectivity index (χ1n) is 3.96. The molecule has 1 N–H and O–H groups in total. The Kier molecular flexibility index (Phi) is 2.58. The first-order chi connectivity index (χ1) is 6.18. The zero-order chi connectivity index (χ0) is 9.42. The van der Waals surface area contributed by atoms with Gasteiger partial charge in [0.2, 0.25) is 0 Å². The van der Waals surface area contributed by atoms with E-state index in [9.17, 15) is 4.79 Å². The largest absolute Gasteiger partial charge is 0.313 e. The van der Waals surface area contributed by atoms with Gasteiger partial charge in [0.1, 0.15) is 0 Å². The van der Waals surface area contributed by atoms with E-state index in [0.29, 0.717) is 10.5 Å². The summed E-state index contributed by atoms with van der Waals surface area (Å²) >= 11 is 6.59. The standard InChI is InChI=1S/C8H8Br2N2O/c9-5-1-7(10)8(13)12(4-5)6-2-11-3-6/h1,4,6,11H,2-3H2. The first-order valence-corrected chi connectivity index (χ1v) is 5.55. The molecule has 5 heteroatoms. The molecule has 2 rings (SSSR count). The highest BCUT2D eigenvalue weighted by Crippen LogP contribution is 2.17. The summed E-state index contributed by atoms with van der Waals surface area (Å²) in [5.74, 6) is 0. The summed E-state index contributed by atoms with van der Waals surface area (Å²) in [6.07, 6.45) is 1.83. The molecule has 1 aliphatic rings. The highest BCUT2D eigenvalue weighted by Gasteiger charge is 2.20. The maximum absolute atomic E-state index is 11.6. The molecule has 1 fully saturated rings. The van der Waals surface area contributed by atoms with Crippen LogP contribution in [0.4, 0.5) is 0 Å². The van der Waals surface area contributed by atoms with Crippen molar-refractivity contribution >= 4 is 31.9 Å². The SMILES string of the molecule is O=c1c(Br)cc(Br)cn1C1CNC1. The fourth-order valence-electron chi connectivity index (χ4n) is 1.28. The second-order valence-electron chi connectivity index (χ2n) is 3.03. The molecule has 0 amide bonds. The zero-order valence-corrected chi connectivity index (χ0v) is 9.93. The number of pyridine rings is 1. The Morgan fingerprint density at radius 1 is 1.46 bits per heavy atom. The van der Waals surface area contributed by atoms with Gasteiger partial charge in [0, 0.05) is 23.8 Å². The molecule has 1 aromatic rings. The molecule has 3 nitrogen and oxygen atoms in total. The molecule has 0 aromatic carbocycles. The van der Waals surface area contributed by atoms with Crippen molar-refractivity contribution in [2.75, 3.05) is 13.1 Å². The Morgan fingerprint density at radius 3 is 2.69 bits per heavy atom. The summed E-state index contributed by atoms with van der Waals surface area (Å²) in [5, 5.41) is 3.14. The van der Waals surface area contributed by atoms with E-state index < -0.39 is 0 Å². The fourth-order valence-corrected chi connectivity index (χ4v) is 2.48. The van der Waals surface area contributed by atoms with Crippen LogP contribution in [0.25, 0.3) is 0 Å². The summed E-state index contributed by atoms with van der Waals surface area (Å²) in [4.78, 5) is 11.6. The molecule has 70 valence electrons. The van der Waals surface area contributed by atoms with Crippen molar-refractivity contribution in [3.05, 3.63) is 31.6 Å². The number of rotatable bonds is 1. The van der Waals surface area contributed by atoms with Crippen LogP contribution < -0.4 is 10.9 Å². The summed E-state index contributed by atoms with van der Waals surface area (Å²) < 4.78 is 3.28. The zero-order valence-electron chi connectivity index (χ0n) is 6.76. The monoisotopic (exact) mass is 306 g/mol. The molecule has 0 saturated carbocycles. The van der Waals surface area contributed by atoms with E-state index in [1.54, 1.807) is 10.6 Å². The van der Waals surface area contributed by atoms with Crippen molar-refractivity contribution in [2.24, 2.45) is 0 Å². The van der Waals surface area contributed by atoms with E-state index in [-0.39, 0.29) is 5.56 Å². The van der Waals surface area contributed by atoms with E-state index in [0.717, 1.165) is 17.6 Å². The molecular weight excluding hydrogens is 300 g/mol. The van der Waals surface area contributed by atoms with Gasteiger partial charge in [-0.1, -0.05) is 0 Å². The Balaban J connectivity index is 2.49. The lowest BCUT2D eigenvalue weighted by Gasteiger charge is -2.29. The third-order valence-corrected chi connectivity index (χ3v) is 3.12. The molecule has 0 bridgehead atoms. The number of nitrogens with zero attached hydrogens (tertiary/aromatic N) is 1. The van der Waals surface area contributed by atoms with Crippen LogP contribution >= 0.6 is 31.9 Å². The van der Waals surface area contributed by atoms with Crippen LogP contribution in [-0.4, -0.2) is 17.7 Å². The Morgan fingerprint density at radius 2 is 2.15 bits per heavy atom. The average molecular weight is 308 g/mol. The molecule has 0 unspecified atom stereocenters. The van der Waals surface area contributed by atoms with Crippen LogP contribution in [0.3, 0.4) is 0 Å². The maximum atomic E-state index is 11.6. The van der Waals surface area contributed by atoms with Crippen molar-refractivity contribution in [3.63, 3.8) is 0 Å². The minimum Gasteiger partial charge on any atom is -0.313 e. The summed E-state index contributed by atoms with van der Waals surface area (Å²) in [7, 11) is 0. The quantitative estimate of drug-likeness (QED) is 0.853. The Hall–Kier alpha value is -0.130. The van der Waals surface area contributed by atoms with Gasteiger partial charge in [-0.3, -0.25) is 4.79 Å². The van der Waals surface area contributed by atoms with Gasteiger partial charge in [-0.25, -0.2) is 0 Å². The van der Waals surface area contributed by atoms with Gasteiger partial charge < -0.3 is 9.88 Å². The van der Waals surface area contributed by atoms with Crippen LogP contribution in [0.2, 0.25) is 0 Å². The van der Waals surface area contributed by atoms with Crippen LogP contribution in [0.1, 0.15) is 6.04 Å². The summed E-state index contributed by atoms with van der Waals surface area (Å²) in [5.41, 5.74) is 0.0368. The van der Waals surface area contributed by atoms with E-state index >= 15 is 0 Å². The molecule has 1 saturated heterocycles. The minimum absolute atomic E-state index is 0.0368. The van der Waals surface area contributed by atoms with Crippen LogP contribution in [0.15, 0.2) is 26.0 Å². The lowest BCUT2D eigenvalue weighted by atomic mass is 10.2. The number of halogens is 2. The Bertz CT molecular complexity index is 384. The van der Waals surface area contributed by atoms with Gasteiger partial charge in [0.05, 0.1) is 10.5 Å². The normalized spacial score (nSPS) is 17.1. The smallest absolute Gasteiger partial charge is 0.265 e. The molecule has 0 aliphatic carbocycles. The van der Waals surface area contributed by atoms with Crippen molar-refractivity contribution in [1.29, 1.82) is 0 Å². The average Bonchev–Trinajstić information content (AvgIpc) is 1.95. The van der Waals surface area contributed by atoms with Crippen LogP contribution in [0, 0.1) is 0 Å². The van der Waals surface area contributed by atoms with Crippen molar-refractivity contribution in [1.82, 2.24) is 9.88 Å².